The Morgan fingerprint density at radius 1 is 0.833 bits per heavy atom. The van der Waals surface area contributed by atoms with Crippen molar-refractivity contribution in [2.45, 2.75) is 139 Å². The molecule has 0 amide bonds. The quantitative estimate of drug-likeness (QED) is 0.250. The van der Waals surface area contributed by atoms with Gasteiger partial charge in [-0.25, -0.2) is 0 Å². The molecule has 0 aromatic heterocycles. The number of hydrogen-bond donors (Lipinski definition) is 1. The van der Waals surface area contributed by atoms with E-state index >= 15 is 0 Å². The van der Waals surface area contributed by atoms with Gasteiger partial charge >= 0.3 is 11.9 Å². The van der Waals surface area contributed by atoms with Gasteiger partial charge in [-0.15, -0.1) is 0 Å². The summed E-state index contributed by atoms with van der Waals surface area (Å²) in [6.45, 7) is 24.0. The summed E-state index contributed by atoms with van der Waals surface area (Å²) in [5.74, 6) is 1.54. The molecular weight excluding hydrogens is 524 g/mol. The minimum absolute atomic E-state index is 0.106. The van der Waals surface area contributed by atoms with Crippen LogP contribution in [0.1, 0.15) is 133 Å². The summed E-state index contributed by atoms with van der Waals surface area (Å²) in [5, 5.41) is 9.53. The van der Waals surface area contributed by atoms with Crippen LogP contribution in [0, 0.1) is 62.1 Å². The van der Waals surface area contributed by atoms with Crippen LogP contribution in [0.3, 0.4) is 0 Å². The molecule has 5 nitrogen and oxygen atoms in total. The van der Waals surface area contributed by atoms with Gasteiger partial charge in [0.25, 0.3) is 0 Å². The van der Waals surface area contributed by atoms with Crippen LogP contribution in [0.25, 0.3) is 0 Å². The van der Waals surface area contributed by atoms with E-state index in [9.17, 15) is 19.5 Å². The lowest BCUT2D eigenvalue weighted by atomic mass is 9.32. The fourth-order valence-electron chi connectivity index (χ4n) is 12.6. The molecule has 0 heterocycles. The van der Waals surface area contributed by atoms with E-state index in [-0.39, 0.29) is 39.6 Å². The van der Waals surface area contributed by atoms with E-state index in [1.54, 1.807) is 13.8 Å². The molecule has 5 aliphatic carbocycles. The van der Waals surface area contributed by atoms with Crippen LogP contribution in [0.2, 0.25) is 0 Å². The number of carbonyl (C=O) groups is 3. The number of rotatable bonds is 6. The fourth-order valence-corrected chi connectivity index (χ4v) is 12.6. The van der Waals surface area contributed by atoms with E-state index in [1.165, 1.54) is 24.8 Å². The highest BCUT2D eigenvalue weighted by Gasteiger charge is 2.71. The minimum atomic E-state index is -1.13. The molecule has 5 aliphatic rings. The first kappa shape index (κ1) is 31.8. The number of esters is 1. The number of ether oxygens (including phenoxy) is 1. The summed E-state index contributed by atoms with van der Waals surface area (Å²) in [4.78, 5) is 37.9. The van der Waals surface area contributed by atoms with Gasteiger partial charge < -0.3 is 9.84 Å². The van der Waals surface area contributed by atoms with Gasteiger partial charge in [-0.05, 0) is 138 Å². The van der Waals surface area contributed by atoms with Gasteiger partial charge in [0, 0.05) is 10.8 Å². The Morgan fingerprint density at radius 3 is 2.10 bits per heavy atom. The monoisotopic (exact) mass is 582 g/mol. The SMILES string of the molecule is C=C(C)C1CC[C@]2(C(C)=O)CC[C@]3(C)C(CCC4[C@@]5(C)CCC(OC(=O)CC(C)(C)C(=O)O)C(C)(C)C5CC[C@]43C)C12. The van der Waals surface area contributed by atoms with E-state index in [1.807, 2.05) is 6.92 Å². The van der Waals surface area contributed by atoms with Crippen molar-refractivity contribution in [1.82, 2.24) is 0 Å². The smallest absolute Gasteiger partial charge is 0.309 e. The second-order valence-corrected chi connectivity index (χ2v) is 17.6. The van der Waals surface area contributed by atoms with E-state index in [4.69, 9.17) is 4.74 Å². The van der Waals surface area contributed by atoms with Crippen molar-refractivity contribution < 1.29 is 24.2 Å². The highest BCUT2D eigenvalue weighted by Crippen LogP contribution is 2.77. The second-order valence-electron chi connectivity index (χ2n) is 17.6. The molecule has 0 aromatic rings. The Kier molecular flexibility index (Phi) is 7.51. The van der Waals surface area contributed by atoms with Crippen molar-refractivity contribution in [3.63, 3.8) is 0 Å². The molecule has 5 saturated carbocycles. The zero-order valence-corrected chi connectivity index (χ0v) is 28.0. The van der Waals surface area contributed by atoms with Crippen LogP contribution in [-0.4, -0.2) is 28.9 Å². The standard InChI is InChI=1S/C37H58O5/c1-22(2)24-13-18-37(23(3)38)20-19-35(9)25(30(24)37)11-12-27-34(8)16-15-28(42-29(39)21-32(4,5)31(40)41)33(6,7)26(34)14-17-36(27,35)10/h24-28,30H,1,11-21H2,2-10H3,(H,40,41)/t24?,25?,26?,27?,28?,30?,34-,35+,36+,37+/m0/s1. The molecule has 0 saturated heterocycles. The lowest BCUT2D eigenvalue weighted by Gasteiger charge is -2.73. The fraction of sp³-hybridized carbons (Fsp3) is 0.865. The topological polar surface area (TPSA) is 80.7 Å². The van der Waals surface area contributed by atoms with E-state index in [0.29, 0.717) is 35.4 Å². The number of hydrogen-bond acceptors (Lipinski definition) is 4. The Bertz CT molecular complexity index is 1170. The molecule has 0 aliphatic heterocycles. The van der Waals surface area contributed by atoms with Gasteiger partial charge in [-0.2, -0.15) is 0 Å². The van der Waals surface area contributed by atoms with Crippen molar-refractivity contribution >= 4 is 17.7 Å². The second kappa shape index (κ2) is 9.93. The predicted molar refractivity (Wildman–Crippen MR) is 166 cm³/mol. The molecule has 1 N–H and O–H groups in total. The number of Topliss-reactive ketones (excluding diaryl/α,β-unsaturated/α-hetero) is 1. The van der Waals surface area contributed by atoms with Crippen LogP contribution < -0.4 is 0 Å². The predicted octanol–water partition coefficient (Wildman–Crippen LogP) is 8.65. The van der Waals surface area contributed by atoms with Crippen LogP contribution in [0.15, 0.2) is 12.2 Å². The van der Waals surface area contributed by atoms with E-state index in [2.05, 4.69) is 48.1 Å². The third-order valence-electron chi connectivity index (χ3n) is 15.1. The van der Waals surface area contributed by atoms with Crippen LogP contribution >= 0.6 is 0 Å². The summed E-state index contributed by atoms with van der Waals surface area (Å²) in [6.07, 6.45) is 10.6. The van der Waals surface area contributed by atoms with Crippen LogP contribution in [-0.2, 0) is 19.1 Å². The summed E-state index contributed by atoms with van der Waals surface area (Å²) in [5.41, 5.74) is 0.370. The molecular formula is C37H58O5. The maximum Gasteiger partial charge on any atom is 0.309 e. The molecule has 5 fully saturated rings. The molecule has 5 rings (SSSR count). The van der Waals surface area contributed by atoms with Crippen LogP contribution in [0.5, 0.6) is 0 Å². The average molecular weight is 583 g/mol. The number of carboxylic acid groups (broad SMARTS) is 1. The van der Waals surface area contributed by atoms with Crippen molar-refractivity contribution in [3.05, 3.63) is 12.2 Å². The first-order valence-electron chi connectivity index (χ1n) is 16.9. The average Bonchev–Trinajstić information content (AvgIpc) is 3.27. The normalized spacial score (nSPS) is 45.9. The molecule has 0 radical (unpaired) electrons. The van der Waals surface area contributed by atoms with Crippen molar-refractivity contribution in [2.75, 3.05) is 0 Å². The largest absolute Gasteiger partial charge is 0.481 e. The minimum Gasteiger partial charge on any atom is -0.481 e. The zero-order valence-electron chi connectivity index (χ0n) is 28.0. The molecule has 5 heteroatoms. The summed E-state index contributed by atoms with van der Waals surface area (Å²) in [6, 6.07) is 0. The maximum atomic E-state index is 13.3. The summed E-state index contributed by atoms with van der Waals surface area (Å²) in [7, 11) is 0. The Hall–Kier alpha value is -1.65. The third kappa shape index (κ3) is 4.24. The van der Waals surface area contributed by atoms with Crippen molar-refractivity contribution in [3.8, 4) is 0 Å². The van der Waals surface area contributed by atoms with Gasteiger partial charge in [0.15, 0.2) is 0 Å². The first-order valence-corrected chi connectivity index (χ1v) is 16.9. The summed E-state index contributed by atoms with van der Waals surface area (Å²) < 4.78 is 6.13. The number of aliphatic carboxylic acids is 1. The molecule has 0 aromatic carbocycles. The van der Waals surface area contributed by atoms with Gasteiger partial charge in [0.05, 0.1) is 11.8 Å². The third-order valence-corrected chi connectivity index (χ3v) is 15.1. The number of fused-ring (bicyclic) bond motifs is 7. The van der Waals surface area contributed by atoms with Gasteiger partial charge in [-0.1, -0.05) is 46.8 Å². The highest BCUT2D eigenvalue weighted by atomic mass is 16.5. The Labute approximate surface area is 255 Å². The highest BCUT2D eigenvalue weighted by molar-refractivity contribution is 5.83. The zero-order chi connectivity index (χ0) is 31.3. The summed E-state index contributed by atoms with van der Waals surface area (Å²) >= 11 is 0. The molecule has 6 unspecified atom stereocenters. The van der Waals surface area contributed by atoms with Crippen molar-refractivity contribution in [1.29, 1.82) is 0 Å². The maximum absolute atomic E-state index is 13.3. The molecule has 10 atom stereocenters. The molecule has 42 heavy (non-hydrogen) atoms. The number of allylic oxidation sites excluding steroid dienone is 1. The van der Waals surface area contributed by atoms with Crippen molar-refractivity contribution in [2.24, 2.45) is 62.1 Å². The van der Waals surface area contributed by atoms with E-state index < -0.39 is 17.4 Å². The molecule has 236 valence electrons. The number of carbonyl (C=O) groups excluding carboxylic acids is 2. The van der Waals surface area contributed by atoms with Gasteiger partial charge in [0.1, 0.15) is 11.9 Å². The molecule has 0 spiro atoms. The lowest BCUT2D eigenvalue weighted by Crippen LogP contribution is -2.67. The van der Waals surface area contributed by atoms with Gasteiger partial charge in [-0.3, -0.25) is 14.4 Å². The lowest BCUT2D eigenvalue weighted by molar-refractivity contribution is -0.249. The first-order chi connectivity index (χ1) is 19.3. The number of ketones is 1. The van der Waals surface area contributed by atoms with Crippen LogP contribution in [0.4, 0.5) is 0 Å². The number of carboxylic acids is 1. The van der Waals surface area contributed by atoms with Gasteiger partial charge in [0.2, 0.25) is 0 Å². The molecule has 0 bridgehead atoms. The van der Waals surface area contributed by atoms with E-state index in [0.717, 1.165) is 44.9 Å². The Balaban J connectivity index is 1.42. The Morgan fingerprint density at radius 2 is 1.50 bits per heavy atom.